The topological polar surface area (TPSA) is 80.0 Å². The monoisotopic (exact) mass is 395 g/mol. The second-order valence-corrected chi connectivity index (χ2v) is 6.91. The highest BCUT2D eigenvalue weighted by Crippen LogP contribution is 2.31. The van der Waals surface area contributed by atoms with Crippen LogP contribution < -0.4 is 0 Å². The molecule has 2 atom stereocenters. The number of hydrogen-bond acceptors (Lipinski definition) is 4. The van der Waals surface area contributed by atoms with Crippen molar-refractivity contribution in [2.24, 2.45) is 0 Å². The van der Waals surface area contributed by atoms with Crippen LogP contribution in [0.25, 0.3) is 11.0 Å². The van der Waals surface area contributed by atoms with Gasteiger partial charge in [-0.05, 0) is 31.5 Å². The first-order chi connectivity index (χ1) is 11.4. The number of halogens is 1. The molecule has 6 nitrogen and oxygen atoms in total. The van der Waals surface area contributed by atoms with E-state index in [4.69, 9.17) is 14.3 Å². The number of carboxylic acids is 1. The molecule has 1 N–H and O–H groups in total. The first kappa shape index (κ1) is 17.0. The fourth-order valence-electron chi connectivity index (χ4n) is 3.22. The van der Waals surface area contributed by atoms with E-state index in [0.29, 0.717) is 18.5 Å². The summed E-state index contributed by atoms with van der Waals surface area (Å²) < 4.78 is 12.0. The Morgan fingerprint density at radius 3 is 2.88 bits per heavy atom. The van der Waals surface area contributed by atoms with E-state index in [1.54, 1.807) is 18.1 Å². The van der Waals surface area contributed by atoms with E-state index < -0.39 is 5.97 Å². The molecule has 1 aromatic carbocycles. The van der Waals surface area contributed by atoms with Gasteiger partial charge in [-0.25, -0.2) is 0 Å². The predicted molar refractivity (Wildman–Crippen MR) is 91.1 cm³/mol. The van der Waals surface area contributed by atoms with E-state index in [-0.39, 0.29) is 30.2 Å². The number of aliphatic carboxylic acids is 1. The summed E-state index contributed by atoms with van der Waals surface area (Å²) in [7, 11) is 1.57. The van der Waals surface area contributed by atoms with Gasteiger partial charge in [0.2, 0.25) is 0 Å². The molecule has 3 rings (SSSR count). The van der Waals surface area contributed by atoms with E-state index in [1.807, 2.05) is 19.1 Å². The standard InChI is InChI=1S/C17H18BrNO5/c1-9-13-5-10(18)3-4-14(13)24-16(9)17(22)19-8-12(23-2)6-11(19)7-15(20)21/h3-5,11-12H,6-8H2,1-2H3,(H,20,21). The van der Waals surface area contributed by atoms with Gasteiger partial charge in [-0.3, -0.25) is 9.59 Å². The number of fused-ring (bicyclic) bond motifs is 1. The summed E-state index contributed by atoms with van der Waals surface area (Å²) in [5.74, 6) is -0.958. The van der Waals surface area contributed by atoms with Crippen molar-refractivity contribution >= 4 is 38.8 Å². The van der Waals surface area contributed by atoms with Gasteiger partial charge >= 0.3 is 5.97 Å². The zero-order valence-corrected chi connectivity index (χ0v) is 15.0. The predicted octanol–water partition coefficient (Wildman–Crippen LogP) is 3.21. The van der Waals surface area contributed by atoms with Crippen LogP contribution in [0, 0.1) is 6.92 Å². The SMILES string of the molecule is COC1CC(CC(=O)O)N(C(=O)c2oc3ccc(Br)cc3c2C)C1. The number of amides is 1. The van der Waals surface area contributed by atoms with Crippen LogP contribution in [-0.2, 0) is 9.53 Å². The van der Waals surface area contributed by atoms with Crippen LogP contribution in [0.15, 0.2) is 27.1 Å². The Morgan fingerprint density at radius 2 is 2.21 bits per heavy atom. The van der Waals surface area contributed by atoms with Crippen LogP contribution in [0.5, 0.6) is 0 Å². The second kappa shape index (κ2) is 6.57. The van der Waals surface area contributed by atoms with Gasteiger partial charge in [0.1, 0.15) is 5.58 Å². The van der Waals surface area contributed by atoms with Crippen molar-refractivity contribution in [1.29, 1.82) is 0 Å². The summed E-state index contributed by atoms with van der Waals surface area (Å²) in [6, 6.07) is 5.17. The molecule has 7 heteroatoms. The van der Waals surface area contributed by atoms with Crippen LogP contribution in [0.4, 0.5) is 0 Å². The van der Waals surface area contributed by atoms with Gasteiger partial charge in [-0.2, -0.15) is 0 Å². The highest BCUT2D eigenvalue weighted by molar-refractivity contribution is 9.10. The van der Waals surface area contributed by atoms with Crippen LogP contribution >= 0.6 is 15.9 Å². The lowest BCUT2D eigenvalue weighted by Gasteiger charge is -2.22. The highest BCUT2D eigenvalue weighted by Gasteiger charge is 2.38. The number of nitrogens with zero attached hydrogens (tertiary/aromatic N) is 1. The number of furan rings is 1. The van der Waals surface area contributed by atoms with Gasteiger partial charge in [0.05, 0.1) is 12.5 Å². The zero-order chi connectivity index (χ0) is 17.4. The maximum atomic E-state index is 12.9. The molecule has 1 amide bonds. The van der Waals surface area contributed by atoms with Crippen molar-refractivity contribution in [1.82, 2.24) is 4.90 Å². The molecule has 2 unspecified atom stereocenters. The minimum absolute atomic E-state index is 0.101. The number of benzene rings is 1. The Morgan fingerprint density at radius 1 is 1.46 bits per heavy atom. The lowest BCUT2D eigenvalue weighted by Crippen LogP contribution is -2.37. The summed E-state index contributed by atoms with van der Waals surface area (Å²) >= 11 is 3.41. The van der Waals surface area contributed by atoms with Crippen LogP contribution in [-0.4, -0.2) is 47.7 Å². The molecule has 128 valence electrons. The van der Waals surface area contributed by atoms with Crippen molar-refractivity contribution in [3.8, 4) is 0 Å². The third-order valence-electron chi connectivity index (χ3n) is 4.47. The van der Waals surface area contributed by atoms with Gasteiger partial charge in [-0.15, -0.1) is 0 Å². The Hall–Kier alpha value is -1.86. The Bertz CT molecular complexity index is 800. The number of carboxylic acid groups (broad SMARTS) is 1. The Kier molecular flexibility index (Phi) is 4.64. The van der Waals surface area contributed by atoms with Crippen molar-refractivity contribution < 1.29 is 23.8 Å². The minimum Gasteiger partial charge on any atom is -0.481 e. The summed E-state index contributed by atoms with van der Waals surface area (Å²) in [6.45, 7) is 2.20. The number of hydrogen-bond donors (Lipinski definition) is 1. The summed E-state index contributed by atoms with van der Waals surface area (Å²) in [6.07, 6.45) is 0.257. The van der Waals surface area contributed by atoms with E-state index >= 15 is 0 Å². The number of methoxy groups -OCH3 is 1. The average molecular weight is 396 g/mol. The third-order valence-corrected chi connectivity index (χ3v) is 4.97. The fraction of sp³-hybridized carbons (Fsp3) is 0.412. The average Bonchev–Trinajstić information content (AvgIpc) is 3.08. The molecule has 0 aliphatic carbocycles. The highest BCUT2D eigenvalue weighted by atomic mass is 79.9. The van der Waals surface area contributed by atoms with Crippen molar-refractivity contribution in [2.75, 3.05) is 13.7 Å². The number of carbonyl (C=O) groups is 2. The fourth-order valence-corrected chi connectivity index (χ4v) is 3.58. The lowest BCUT2D eigenvalue weighted by atomic mass is 10.1. The first-order valence-electron chi connectivity index (χ1n) is 7.65. The molecule has 2 aromatic rings. The molecule has 24 heavy (non-hydrogen) atoms. The maximum absolute atomic E-state index is 12.9. The molecular weight excluding hydrogens is 378 g/mol. The van der Waals surface area contributed by atoms with E-state index in [9.17, 15) is 9.59 Å². The molecule has 2 heterocycles. The molecule has 0 spiro atoms. The van der Waals surface area contributed by atoms with Gasteiger partial charge < -0.3 is 19.2 Å². The van der Waals surface area contributed by atoms with Gasteiger partial charge in [0, 0.05) is 35.1 Å². The van der Waals surface area contributed by atoms with Crippen molar-refractivity contribution in [3.63, 3.8) is 0 Å². The first-order valence-corrected chi connectivity index (χ1v) is 8.44. The summed E-state index contributed by atoms with van der Waals surface area (Å²) in [5.41, 5.74) is 1.39. The summed E-state index contributed by atoms with van der Waals surface area (Å²) in [4.78, 5) is 25.6. The number of carbonyl (C=O) groups excluding carboxylic acids is 1. The number of aryl methyl sites for hydroxylation is 1. The molecule has 1 saturated heterocycles. The smallest absolute Gasteiger partial charge is 0.305 e. The number of likely N-dealkylation sites (tertiary alicyclic amines) is 1. The quantitative estimate of drug-likeness (QED) is 0.859. The molecule has 1 aliphatic rings. The molecule has 0 radical (unpaired) electrons. The van der Waals surface area contributed by atoms with Gasteiger partial charge in [0.25, 0.3) is 5.91 Å². The molecule has 0 bridgehead atoms. The Labute approximate surface area is 147 Å². The normalized spacial score (nSPS) is 20.7. The number of ether oxygens (including phenoxy) is 1. The van der Waals surface area contributed by atoms with Crippen molar-refractivity contribution in [2.45, 2.75) is 31.9 Å². The molecule has 1 aromatic heterocycles. The van der Waals surface area contributed by atoms with Crippen LogP contribution in [0.2, 0.25) is 0 Å². The van der Waals surface area contributed by atoms with Crippen LogP contribution in [0.1, 0.15) is 29.0 Å². The van der Waals surface area contributed by atoms with Gasteiger partial charge in [-0.1, -0.05) is 15.9 Å². The molecule has 0 saturated carbocycles. The summed E-state index contributed by atoms with van der Waals surface area (Å²) in [5, 5.41) is 9.96. The minimum atomic E-state index is -0.931. The zero-order valence-electron chi connectivity index (χ0n) is 13.4. The molecular formula is C17H18BrNO5. The Balaban J connectivity index is 1.95. The van der Waals surface area contributed by atoms with Gasteiger partial charge in [0.15, 0.2) is 5.76 Å². The largest absolute Gasteiger partial charge is 0.481 e. The third kappa shape index (κ3) is 3.06. The molecule has 1 aliphatic heterocycles. The van der Waals surface area contributed by atoms with E-state index in [2.05, 4.69) is 15.9 Å². The van der Waals surface area contributed by atoms with E-state index in [0.717, 1.165) is 15.4 Å². The lowest BCUT2D eigenvalue weighted by molar-refractivity contribution is -0.138. The van der Waals surface area contributed by atoms with Crippen LogP contribution in [0.3, 0.4) is 0 Å². The van der Waals surface area contributed by atoms with E-state index in [1.165, 1.54) is 0 Å². The number of rotatable bonds is 4. The van der Waals surface area contributed by atoms with Crippen molar-refractivity contribution in [3.05, 3.63) is 34.0 Å². The maximum Gasteiger partial charge on any atom is 0.305 e. The second-order valence-electron chi connectivity index (χ2n) is 6.00. The molecule has 1 fully saturated rings.